The van der Waals surface area contributed by atoms with Crippen LogP contribution >= 0.6 is 0 Å². The van der Waals surface area contributed by atoms with Gasteiger partial charge in [0.2, 0.25) is 0 Å². The summed E-state index contributed by atoms with van der Waals surface area (Å²) in [5.74, 6) is 0.502. The van der Waals surface area contributed by atoms with Crippen LogP contribution in [0.4, 0.5) is 0 Å². The van der Waals surface area contributed by atoms with Gasteiger partial charge in [-0.1, -0.05) is 29.4 Å². The van der Waals surface area contributed by atoms with E-state index >= 15 is 0 Å². The zero-order valence-electron chi connectivity index (χ0n) is 19.0. The van der Waals surface area contributed by atoms with Crippen molar-refractivity contribution in [2.24, 2.45) is 0 Å². The second kappa shape index (κ2) is 8.81. The van der Waals surface area contributed by atoms with Crippen LogP contribution in [0, 0.1) is 18.3 Å². The molecule has 0 amide bonds. The van der Waals surface area contributed by atoms with Crippen molar-refractivity contribution >= 4 is 0 Å². The number of nitrogens with one attached hydrogen (secondary N) is 1. The summed E-state index contributed by atoms with van der Waals surface area (Å²) in [6.45, 7) is 6.02. The first-order chi connectivity index (χ1) is 15.8. The number of hydrogen-bond donors (Lipinski definition) is 1. The van der Waals surface area contributed by atoms with E-state index in [-0.39, 0.29) is 8.41 Å². The minimum atomic E-state index is -0.989. The highest BCUT2D eigenvalue weighted by Gasteiger charge is 2.21. The average molecular weight is 445 g/mol. The molecular formula is C25H28N6O2. The molecule has 0 unspecified atom stereocenters. The van der Waals surface area contributed by atoms with Crippen molar-refractivity contribution in [3.05, 3.63) is 76.5 Å². The van der Waals surface area contributed by atoms with Gasteiger partial charge in [-0.2, -0.15) is 5.26 Å². The fraction of sp³-hybridized carbons (Fsp3) is 0.240. The van der Waals surface area contributed by atoms with E-state index in [4.69, 9.17) is 9.51 Å². The first kappa shape index (κ1) is 22.1. The largest absolute Gasteiger partial charge is 0.354 e. The Labute approximate surface area is 194 Å². The van der Waals surface area contributed by atoms with Gasteiger partial charge in [-0.15, -0.1) is 0 Å². The molecule has 0 fully saturated rings. The summed E-state index contributed by atoms with van der Waals surface area (Å²) in [4.78, 5) is 21.5. The topological polar surface area (TPSA) is 110 Å². The Morgan fingerprint density at radius 3 is 2.58 bits per heavy atom. The van der Waals surface area contributed by atoms with Crippen LogP contribution in [0.25, 0.3) is 34.0 Å². The Morgan fingerprint density at radius 2 is 1.88 bits per heavy atom. The number of nitrogens with zero attached hydrogens (tertiary/aromatic N) is 5. The lowest BCUT2D eigenvalue weighted by Gasteiger charge is -2.19. The van der Waals surface area contributed by atoms with Crippen molar-refractivity contribution < 1.29 is 7.38 Å². The molecule has 8 heteroatoms. The number of pyridine rings is 1. The number of hydrogen-bond acceptors (Lipinski definition) is 7. The van der Waals surface area contributed by atoms with Gasteiger partial charge in [-0.05, 0) is 39.4 Å². The van der Waals surface area contributed by atoms with Crippen LogP contribution < -0.4 is 10.9 Å². The summed E-state index contributed by atoms with van der Waals surface area (Å²) in [7, 11) is 1.91. The molecule has 0 saturated carbocycles. The van der Waals surface area contributed by atoms with Crippen LogP contribution in [0.2, 0.25) is 0 Å². The van der Waals surface area contributed by atoms with Crippen LogP contribution in [-0.4, -0.2) is 26.7 Å². The molecule has 0 bridgehead atoms. The van der Waals surface area contributed by atoms with Crippen LogP contribution in [0.15, 0.2) is 64.2 Å². The van der Waals surface area contributed by atoms with Gasteiger partial charge in [0.25, 0.3) is 5.56 Å². The standard InChI is InChI=1S/C25H24N6O2.2H2/c1-16-24(22-11-20(30-33-22)18-7-5-17(6-8-18)12-27-4)29-21(13-28-16)19-9-10-23(32)31(14-19)25(2,3)15-26;;/h5-11,13-14,27H,12H2,1-4H3;2*1H. The summed E-state index contributed by atoms with van der Waals surface area (Å²) in [6, 6.07) is 15.2. The van der Waals surface area contributed by atoms with Crippen molar-refractivity contribution in [2.75, 3.05) is 7.05 Å². The molecule has 0 aliphatic heterocycles. The second-order valence-electron chi connectivity index (χ2n) is 8.29. The Bertz CT molecular complexity index is 1400. The monoisotopic (exact) mass is 444 g/mol. The van der Waals surface area contributed by atoms with Gasteiger partial charge in [-0.3, -0.25) is 14.3 Å². The smallest absolute Gasteiger partial charge is 0.251 e. The second-order valence-corrected chi connectivity index (χ2v) is 8.29. The van der Waals surface area contributed by atoms with E-state index in [0.717, 1.165) is 12.1 Å². The highest BCUT2D eigenvalue weighted by Crippen LogP contribution is 2.28. The van der Waals surface area contributed by atoms with Crippen LogP contribution in [0.3, 0.4) is 0 Å². The molecule has 3 heterocycles. The van der Waals surface area contributed by atoms with E-state index in [0.29, 0.717) is 34.1 Å². The summed E-state index contributed by atoms with van der Waals surface area (Å²) < 4.78 is 7.00. The zero-order valence-corrected chi connectivity index (χ0v) is 19.0. The molecule has 0 saturated heterocycles. The van der Waals surface area contributed by atoms with Crippen molar-refractivity contribution in [1.29, 1.82) is 5.26 Å². The lowest BCUT2D eigenvalue weighted by Crippen LogP contribution is -2.34. The molecule has 0 aliphatic carbocycles. The Kier molecular flexibility index (Phi) is 5.90. The van der Waals surface area contributed by atoms with Crippen molar-refractivity contribution in [3.63, 3.8) is 0 Å². The molecule has 0 radical (unpaired) electrons. The van der Waals surface area contributed by atoms with Gasteiger partial charge in [0.05, 0.1) is 23.7 Å². The fourth-order valence-electron chi connectivity index (χ4n) is 3.47. The van der Waals surface area contributed by atoms with E-state index in [9.17, 15) is 10.1 Å². The normalized spacial score (nSPS) is 11.4. The maximum atomic E-state index is 12.3. The predicted octanol–water partition coefficient (Wildman–Crippen LogP) is 4.41. The summed E-state index contributed by atoms with van der Waals surface area (Å²) >= 11 is 0. The van der Waals surface area contributed by atoms with Gasteiger partial charge >= 0.3 is 0 Å². The van der Waals surface area contributed by atoms with E-state index in [1.807, 2.05) is 44.3 Å². The van der Waals surface area contributed by atoms with Crippen molar-refractivity contribution in [3.8, 4) is 40.0 Å². The maximum absolute atomic E-state index is 12.3. The Hall–Kier alpha value is -4.09. The first-order valence-corrected chi connectivity index (χ1v) is 10.5. The molecule has 33 heavy (non-hydrogen) atoms. The molecule has 170 valence electrons. The minimum absolute atomic E-state index is 0. The quantitative estimate of drug-likeness (QED) is 0.469. The SMILES string of the molecule is CNCc1ccc(-c2cc(-c3nc(-c4ccc(=O)n(C(C)(C)C#N)c4)cnc3C)on2)cc1.[HH].[HH]. The van der Waals surface area contributed by atoms with Crippen molar-refractivity contribution in [1.82, 2.24) is 25.0 Å². The number of aryl methyl sites for hydroxylation is 1. The highest BCUT2D eigenvalue weighted by molar-refractivity contribution is 5.68. The lowest BCUT2D eigenvalue weighted by molar-refractivity contribution is 0.433. The lowest BCUT2D eigenvalue weighted by atomic mass is 10.1. The molecule has 0 aliphatic rings. The third-order valence-electron chi connectivity index (χ3n) is 5.41. The number of benzene rings is 1. The summed E-state index contributed by atoms with van der Waals surface area (Å²) in [5, 5.41) is 16.8. The van der Waals surface area contributed by atoms with Crippen LogP contribution in [-0.2, 0) is 12.1 Å². The van der Waals surface area contributed by atoms with Gasteiger partial charge in [0.1, 0.15) is 16.9 Å². The Balaban J connectivity index is 0.00000216. The zero-order chi connectivity index (χ0) is 23.6. The van der Waals surface area contributed by atoms with Crippen LogP contribution in [0.1, 0.15) is 28.0 Å². The van der Waals surface area contributed by atoms with E-state index in [1.54, 1.807) is 32.3 Å². The molecule has 0 atom stereocenters. The fourth-order valence-corrected chi connectivity index (χ4v) is 3.47. The molecular weight excluding hydrogens is 416 g/mol. The van der Waals surface area contributed by atoms with Gasteiger partial charge in [0.15, 0.2) is 5.76 Å². The van der Waals surface area contributed by atoms with Gasteiger partial charge in [0, 0.05) is 38.9 Å². The number of rotatable bonds is 6. The minimum Gasteiger partial charge on any atom is -0.354 e. The van der Waals surface area contributed by atoms with Gasteiger partial charge in [-0.25, -0.2) is 4.98 Å². The average Bonchev–Trinajstić information content (AvgIpc) is 3.30. The summed E-state index contributed by atoms with van der Waals surface area (Å²) in [6.07, 6.45) is 3.27. The molecule has 8 nitrogen and oxygen atoms in total. The van der Waals surface area contributed by atoms with Crippen LogP contribution in [0.5, 0.6) is 0 Å². The van der Waals surface area contributed by atoms with E-state index in [2.05, 4.69) is 21.5 Å². The highest BCUT2D eigenvalue weighted by atomic mass is 16.5. The molecule has 3 aromatic heterocycles. The van der Waals surface area contributed by atoms with Crippen molar-refractivity contribution in [2.45, 2.75) is 32.9 Å². The Morgan fingerprint density at radius 1 is 1.15 bits per heavy atom. The molecule has 4 aromatic rings. The number of nitriles is 1. The van der Waals surface area contributed by atoms with Gasteiger partial charge < -0.3 is 9.84 Å². The maximum Gasteiger partial charge on any atom is 0.251 e. The third-order valence-corrected chi connectivity index (χ3v) is 5.41. The first-order valence-electron chi connectivity index (χ1n) is 10.5. The molecule has 1 aromatic carbocycles. The van der Waals surface area contributed by atoms with E-state index in [1.165, 1.54) is 16.2 Å². The summed E-state index contributed by atoms with van der Waals surface area (Å²) in [5.41, 5.74) is 4.07. The predicted molar refractivity (Wildman–Crippen MR) is 129 cm³/mol. The van der Waals surface area contributed by atoms with E-state index < -0.39 is 5.54 Å². The number of aromatic nitrogens is 4. The molecule has 1 N–H and O–H groups in total. The third kappa shape index (κ3) is 4.45. The molecule has 4 rings (SSSR count). The molecule has 0 spiro atoms.